The number of ketones is 1. The molecule has 1 aromatic rings. The number of esters is 1. The molecule has 26 heavy (non-hydrogen) atoms. The van der Waals surface area contributed by atoms with Gasteiger partial charge in [0, 0.05) is 29.4 Å². The quantitative estimate of drug-likeness (QED) is 0.778. The number of nitriles is 1. The summed E-state index contributed by atoms with van der Waals surface area (Å²) in [6, 6.07) is 9.36. The summed E-state index contributed by atoms with van der Waals surface area (Å²) < 4.78 is 5.31. The molecule has 0 saturated carbocycles. The van der Waals surface area contributed by atoms with Crippen molar-refractivity contribution in [3.63, 3.8) is 0 Å². The number of ether oxygens (including phenoxy) is 1. The van der Waals surface area contributed by atoms with Crippen molar-refractivity contribution in [2.75, 3.05) is 13.2 Å². The number of carbonyl (C=O) groups is 2. The SMILES string of the molecule is CCOC(=O)C1=C(C)N2CCCC2=C(C(C)=O)C1c1ccccc1C#N. The van der Waals surface area contributed by atoms with E-state index < -0.39 is 11.9 Å². The van der Waals surface area contributed by atoms with E-state index in [-0.39, 0.29) is 12.4 Å². The van der Waals surface area contributed by atoms with Crippen LogP contribution in [0.2, 0.25) is 0 Å². The highest BCUT2D eigenvalue weighted by Crippen LogP contribution is 2.46. The molecule has 0 radical (unpaired) electrons. The minimum atomic E-state index is -0.563. The number of nitrogens with zero attached hydrogens (tertiary/aromatic N) is 2. The third-order valence-electron chi connectivity index (χ3n) is 5.07. The highest BCUT2D eigenvalue weighted by atomic mass is 16.5. The Balaban J connectivity index is 2.30. The highest BCUT2D eigenvalue weighted by molar-refractivity contribution is 6.02. The zero-order chi connectivity index (χ0) is 18.8. The Hall–Kier alpha value is -2.87. The van der Waals surface area contributed by atoms with Crippen LogP contribution in [0.5, 0.6) is 0 Å². The first kappa shape index (κ1) is 17.9. The van der Waals surface area contributed by atoms with Gasteiger partial charge in [0.1, 0.15) is 0 Å². The summed E-state index contributed by atoms with van der Waals surface area (Å²) in [6.45, 7) is 6.24. The number of fused-ring (bicyclic) bond motifs is 1. The standard InChI is InChI=1S/C21H22N2O3/c1-4-26-21(25)18-13(2)23-11-7-10-17(23)19(14(3)24)20(18)16-9-6-5-8-15(16)12-22/h5-6,8-9,20H,4,7,10-11H2,1-3H3. The minimum absolute atomic E-state index is 0.0704. The number of rotatable bonds is 4. The predicted octanol–water partition coefficient (Wildman–Crippen LogP) is 3.43. The van der Waals surface area contributed by atoms with Gasteiger partial charge >= 0.3 is 5.97 Å². The molecule has 2 heterocycles. The third kappa shape index (κ3) is 2.82. The maximum absolute atomic E-state index is 12.8. The largest absolute Gasteiger partial charge is 0.463 e. The second kappa shape index (κ2) is 7.17. The Morgan fingerprint density at radius 2 is 2.04 bits per heavy atom. The summed E-state index contributed by atoms with van der Waals surface area (Å²) >= 11 is 0. The van der Waals surface area contributed by atoms with E-state index in [9.17, 15) is 14.9 Å². The third-order valence-corrected chi connectivity index (χ3v) is 5.07. The lowest BCUT2D eigenvalue weighted by atomic mass is 9.77. The minimum Gasteiger partial charge on any atom is -0.463 e. The number of Topliss-reactive ketones (excluding diaryl/α,β-unsaturated/α-hetero) is 1. The van der Waals surface area contributed by atoms with E-state index in [0.29, 0.717) is 22.3 Å². The topological polar surface area (TPSA) is 70.4 Å². The van der Waals surface area contributed by atoms with Gasteiger partial charge in [-0.1, -0.05) is 18.2 Å². The Bertz CT molecular complexity index is 873. The van der Waals surface area contributed by atoms with Crippen molar-refractivity contribution in [3.8, 4) is 6.07 Å². The highest BCUT2D eigenvalue weighted by Gasteiger charge is 2.41. The summed E-state index contributed by atoms with van der Waals surface area (Å²) in [6.07, 6.45) is 1.74. The molecular formula is C21H22N2O3. The molecule has 5 heteroatoms. The van der Waals surface area contributed by atoms with Gasteiger partial charge in [0.2, 0.25) is 0 Å². The molecule has 134 valence electrons. The Morgan fingerprint density at radius 3 is 2.69 bits per heavy atom. The molecule has 2 aliphatic rings. The van der Waals surface area contributed by atoms with Crippen molar-refractivity contribution in [1.82, 2.24) is 4.90 Å². The molecule has 1 aromatic carbocycles. The summed E-state index contributed by atoms with van der Waals surface area (Å²) in [5.41, 5.74) is 4.02. The second-order valence-corrected chi connectivity index (χ2v) is 6.52. The number of benzene rings is 1. The molecule has 1 unspecified atom stereocenters. The van der Waals surface area contributed by atoms with Crippen LogP contribution in [0.15, 0.2) is 46.8 Å². The van der Waals surface area contributed by atoms with Crippen LogP contribution >= 0.6 is 0 Å². The van der Waals surface area contributed by atoms with Crippen LogP contribution < -0.4 is 0 Å². The average molecular weight is 350 g/mol. The molecule has 3 rings (SSSR count). The number of hydrogen-bond acceptors (Lipinski definition) is 5. The van der Waals surface area contributed by atoms with Gasteiger partial charge in [-0.05, 0) is 45.2 Å². The maximum Gasteiger partial charge on any atom is 0.336 e. The number of allylic oxidation sites excluding steroid dienone is 3. The predicted molar refractivity (Wildman–Crippen MR) is 96.9 cm³/mol. The van der Waals surface area contributed by atoms with Gasteiger partial charge < -0.3 is 9.64 Å². The average Bonchev–Trinajstić information content (AvgIpc) is 3.11. The first-order chi connectivity index (χ1) is 12.5. The number of carbonyl (C=O) groups excluding carboxylic acids is 2. The van der Waals surface area contributed by atoms with Gasteiger partial charge in [-0.2, -0.15) is 5.26 Å². The van der Waals surface area contributed by atoms with E-state index >= 15 is 0 Å². The van der Waals surface area contributed by atoms with Crippen molar-refractivity contribution >= 4 is 11.8 Å². The van der Waals surface area contributed by atoms with Crippen molar-refractivity contribution in [3.05, 3.63) is 57.9 Å². The summed E-state index contributed by atoms with van der Waals surface area (Å²) in [5.74, 6) is -1.06. The first-order valence-corrected chi connectivity index (χ1v) is 8.89. The lowest BCUT2D eigenvalue weighted by Gasteiger charge is -2.36. The molecule has 0 aliphatic carbocycles. The van der Waals surface area contributed by atoms with E-state index in [4.69, 9.17) is 4.74 Å². The smallest absolute Gasteiger partial charge is 0.336 e. The van der Waals surface area contributed by atoms with Crippen molar-refractivity contribution in [2.45, 2.75) is 39.5 Å². The van der Waals surface area contributed by atoms with Crippen LogP contribution in [0, 0.1) is 11.3 Å². The van der Waals surface area contributed by atoms with E-state index in [2.05, 4.69) is 11.0 Å². The molecule has 1 saturated heterocycles. The molecule has 1 fully saturated rings. The molecule has 0 amide bonds. The molecule has 0 aromatic heterocycles. The normalized spacial score (nSPS) is 19.3. The van der Waals surface area contributed by atoms with Crippen LogP contribution in [-0.4, -0.2) is 29.8 Å². The molecule has 0 bridgehead atoms. The van der Waals surface area contributed by atoms with Gasteiger partial charge in [0.05, 0.1) is 23.8 Å². The van der Waals surface area contributed by atoms with E-state index in [1.165, 1.54) is 6.92 Å². The lowest BCUT2D eigenvalue weighted by Crippen LogP contribution is -2.33. The van der Waals surface area contributed by atoms with Gasteiger partial charge in [-0.25, -0.2) is 4.79 Å². The molecule has 0 spiro atoms. The summed E-state index contributed by atoms with van der Waals surface area (Å²) in [5, 5.41) is 9.56. The zero-order valence-corrected chi connectivity index (χ0v) is 15.3. The van der Waals surface area contributed by atoms with Crippen LogP contribution in [0.3, 0.4) is 0 Å². The Kier molecular flexibility index (Phi) is 4.94. The fourth-order valence-electron chi connectivity index (χ4n) is 4.03. The molecule has 0 N–H and O–H groups in total. The van der Waals surface area contributed by atoms with E-state index in [0.717, 1.165) is 30.8 Å². The van der Waals surface area contributed by atoms with E-state index in [1.54, 1.807) is 19.1 Å². The van der Waals surface area contributed by atoms with Crippen molar-refractivity contribution < 1.29 is 14.3 Å². The fourth-order valence-corrected chi connectivity index (χ4v) is 4.03. The Labute approximate surface area is 153 Å². The van der Waals surface area contributed by atoms with Gasteiger partial charge in [0.25, 0.3) is 0 Å². The summed E-state index contributed by atoms with van der Waals surface area (Å²) in [7, 11) is 0. The molecule has 1 atom stereocenters. The molecule has 5 nitrogen and oxygen atoms in total. The molecule has 2 aliphatic heterocycles. The second-order valence-electron chi connectivity index (χ2n) is 6.52. The van der Waals surface area contributed by atoms with Crippen molar-refractivity contribution in [2.24, 2.45) is 0 Å². The van der Waals surface area contributed by atoms with Crippen LogP contribution in [0.25, 0.3) is 0 Å². The van der Waals surface area contributed by atoms with E-state index in [1.807, 2.05) is 19.1 Å². The van der Waals surface area contributed by atoms with Crippen LogP contribution in [0.1, 0.15) is 50.7 Å². The van der Waals surface area contributed by atoms with Crippen LogP contribution in [0.4, 0.5) is 0 Å². The maximum atomic E-state index is 12.8. The summed E-state index contributed by atoms with van der Waals surface area (Å²) in [4.78, 5) is 27.5. The Morgan fingerprint density at radius 1 is 1.31 bits per heavy atom. The zero-order valence-electron chi connectivity index (χ0n) is 15.3. The lowest BCUT2D eigenvalue weighted by molar-refractivity contribution is -0.139. The number of hydrogen-bond donors (Lipinski definition) is 0. The first-order valence-electron chi connectivity index (χ1n) is 8.89. The molecular weight excluding hydrogens is 328 g/mol. The van der Waals surface area contributed by atoms with Crippen molar-refractivity contribution in [1.29, 1.82) is 5.26 Å². The monoisotopic (exact) mass is 350 g/mol. The van der Waals surface area contributed by atoms with Gasteiger partial charge in [-0.15, -0.1) is 0 Å². The fraction of sp³-hybridized carbons (Fsp3) is 0.381. The van der Waals surface area contributed by atoms with Gasteiger partial charge in [0.15, 0.2) is 5.78 Å². The van der Waals surface area contributed by atoms with Crippen LogP contribution in [-0.2, 0) is 14.3 Å². The van der Waals surface area contributed by atoms with Gasteiger partial charge in [-0.3, -0.25) is 4.79 Å².